The number of nitrogens with two attached hydrogens (primary N) is 1. The SMILES string of the molecule is COc1ccc(C)cc1C1(CCN)CCOC1. The Kier molecular flexibility index (Phi) is 3.69. The van der Waals surface area contributed by atoms with E-state index in [0.29, 0.717) is 6.54 Å². The van der Waals surface area contributed by atoms with E-state index < -0.39 is 0 Å². The smallest absolute Gasteiger partial charge is 0.122 e. The van der Waals surface area contributed by atoms with Crippen molar-refractivity contribution < 1.29 is 9.47 Å². The Bertz CT molecular complexity index is 384. The normalized spacial score (nSPS) is 23.9. The van der Waals surface area contributed by atoms with Crippen molar-refractivity contribution in [3.8, 4) is 5.75 Å². The van der Waals surface area contributed by atoms with Crippen LogP contribution in [0.3, 0.4) is 0 Å². The van der Waals surface area contributed by atoms with Gasteiger partial charge in [0, 0.05) is 17.6 Å². The van der Waals surface area contributed by atoms with Gasteiger partial charge in [0.05, 0.1) is 13.7 Å². The second-order valence-corrected chi connectivity index (χ2v) is 4.83. The summed E-state index contributed by atoms with van der Waals surface area (Å²) in [4.78, 5) is 0. The molecule has 2 rings (SSSR count). The van der Waals surface area contributed by atoms with Crippen LogP contribution in [0.4, 0.5) is 0 Å². The van der Waals surface area contributed by atoms with Crippen molar-refractivity contribution >= 4 is 0 Å². The summed E-state index contributed by atoms with van der Waals surface area (Å²) in [5, 5.41) is 0. The summed E-state index contributed by atoms with van der Waals surface area (Å²) in [7, 11) is 1.72. The first-order valence-electron chi connectivity index (χ1n) is 6.15. The van der Waals surface area contributed by atoms with E-state index in [2.05, 4.69) is 19.1 Å². The van der Waals surface area contributed by atoms with Gasteiger partial charge in [0.1, 0.15) is 5.75 Å². The first-order valence-corrected chi connectivity index (χ1v) is 6.15. The van der Waals surface area contributed by atoms with Crippen LogP contribution in [-0.2, 0) is 10.2 Å². The van der Waals surface area contributed by atoms with Crippen molar-refractivity contribution in [1.82, 2.24) is 0 Å². The molecule has 1 unspecified atom stereocenters. The summed E-state index contributed by atoms with van der Waals surface area (Å²) in [5.41, 5.74) is 8.32. The number of aryl methyl sites for hydroxylation is 1. The molecule has 3 nitrogen and oxygen atoms in total. The lowest BCUT2D eigenvalue weighted by atomic mass is 9.76. The molecule has 1 fully saturated rings. The van der Waals surface area contributed by atoms with E-state index in [0.717, 1.165) is 31.8 Å². The molecule has 2 N–H and O–H groups in total. The summed E-state index contributed by atoms with van der Waals surface area (Å²) in [6.07, 6.45) is 1.98. The molecule has 17 heavy (non-hydrogen) atoms. The van der Waals surface area contributed by atoms with Crippen molar-refractivity contribution in [3.05, 3.63) is 29.3 Å². The van der Waals surface area contributed by atoms with Gasteiger partial charge >= 0.3 is 0 Å². The van der Waals surface area contributed by atoms with Crippen molar-refractivity contribution in [3.63, 3.8) is 0 Å². The molecule has 1 aliphatic rings. The fourth-order valence-corrected chi connectivity index (χ4v) is 2.66. The minimum Gasteiger partial charge on any atom is -0.496 e. The fraction of sp³-hybridized carbons (Fsp3) is 0.571. The van der Waals surface area contributed by atoms with Crippen LogP contribution < -0.4 is 10.5 Å². The molecule has 0 radical (unpaired) electrons. The lowest BCUT2D eigenvalue weighted by molar-refractivity contribution is 0.174. The minimum atomic E-state index is 0.0477. The Balaban J connectivity index is 2.44. The van der Waals surface area contributed by atoms with Crippen molar-refractivity contribution in [2.45, 2.75) is 25.2 Å². The predicted octanol–water partition coefficient (Wildman–Crippen LogP) is 2.01. The van der Waals surface area contributed by atoms with Gasteiger partial charge in [-0.05, 0) is 32.4 Å². The van der Waals surface area contributed by atoms with Gasteiger partial charge in [-0.25, -0.2) is 0 Å². The van der Waals surface area contributed by atoms with Gasteiger partial charge in [-0.1, -0.05) is 17.7 Å². The molecular formula is C14H21NO2. The summed E-state index contributed by atoms with van der Waals surface area (Å²) in [6.45, 7) is 4.36. The second-order valence-electron chi connectivity index (χ2n) is 4.83. The third-order valence-electron chi connectivity index (χ3n) is 3.65. The summed E-state index contributed by atoms with van der Waals surface area (Å²) in [5.74, 6) is 0.953. The summed E-state index contributed by atoms with van der Waals surface area (Å²) < 4.78 is 11.1. The van der Waals surface area contributed by atoms with E-state index >= 15 is 0 Å². The topological polar surface area (TPSA) is 44.5 Å². The fourth-order valence-electron chi connectivity index (χ4n) is 2.66. The van der Waals surface area contributed by atoms with E-state index in [4.69, 9.17) is 15.2 Å². The summed E-state index contributed by atoms with van der Waals surface area (Å²) >= 11 is 0. The molecule has 1 aromatic rings. The molecule has 94 valence electrons. The molecule has 1 aliphatic heterocycles. The molecule has 1 aromatic carbocycles. The van der Waals surface area contributed by atoms with Crippen LogP contribution in [0.1, 0.15) is 24.0 Å². The monoisotopic (exact) mass is 235 g/mol. The van der Waals surface area contributed by atoms with Gasteiger partial charge < -0.3 is 15.2 Å². The van der Waals surface area contributed by atoms with E-state index in [1.807, 2.05) is 6.07 Å². The van der Waals surface area contributed by atoms with Crippen LogP contribution in [-0.4, -0.2) is 26.9 Å². The number of methoxy groups -OCH3 is 1. The molecule has 0 saturated carbocycles. The van der Waals surface area contributed by atoms with E-state index in [-0.39, 0.29) is 5.41 Å². The van der Waals surface area contributed by atoms with Crippen LogP contribution in [0.15, 0.2) is 18.2 Å². The molecule has 0 aliphatic carbocycles. The first-order chi connectivity index (χ1) is 8.22. The van der Waals surface area contributed by atoms with Gasteiger partial charge in [0.15, 0.2) is 0 Å². The van der Waals surface area contributed by atoms with Gasteiger partial charge in [-0.3, -0.25) is 0 Å². The maximum Gasteiger partial charge on any atom is 0.122 e. The van der Waals surface area contributed by atoms with Crippen LogP contribution in [0.25, 0.3) is 0 Å². The zero-order valence-electron chi connectivity index (χ0n) is 10.7. The number of rotatable bonds is 4. The molecule has 0 amide bonds. The van der Waals surface area contributed by atoms with Crippen molar-refractivity contribution in [1.29, 1.82) is 0 Å². The highest BCUT2D eigenvalue weighted by molar-refractivity contribution is 5.43. The number of ether oxygens (including phenoxy) is 2. The second kappa shape index (κ2) is 5.07. The number of hydrogen-bond acceptors (Lipinski definition) is 3. The minimum absolute atomic E-state index is 0.0477. The third kappa shape index (κ3) is 2.31. The van der Waals surface area contributed by atoms with Gasteiger partial charge in [0.25, 0.3) is 0 Å². The van der Waals surface area contributed by atoms with E-state index in [9.17, 15) is 0 Å². The van der Waals surface area contributed by atoms with E-state index in [1.165, 1.54) is 11.1 Å². The highest BCUT2D eigenvalue weighted by atomic mass is 16.5. The highest BCUT2D eigenvalue weighted by Crippen LogP contribution is 2.41. The Morgan fingerprint density at radius 1 is 1.47 bits per heavy atom. The lowest BCUT2D eigenvalue weighted by Gasteiger charge is -2.29. The van der Waals surface area contributed by atoms with Crippen molar-refractivity contribution in [2.75, 3.05) is 26.9 Å². The van der Waals surface area contributed by atoms with Crippen LogP contribution in [0, 0.1) is 6.92 Å². The standard InChI is InChI=1S/C14H21NO2/c1-11-3-4-13(16-2)12(9-11)14(5-7-15)6-8-17-10-14/h3-4,9H,5-8,10,15H2,1-2H3. The molecule has 1 saturated heterocycles. The van der Waals surface area contributed by atoms with E-state index in [1.54, 1.807) is 7.11 Å². The average Bonchev–Trinajstić information content (AvgIpc) is 2.79. The molecule has 1 atom stereocenters. The van der Waals surface area contributed by atoms with Crippen LogP contribution >= 0.6 is 0 Å². The van der Waals surface area contributed by atoms with Crippen molar-refractivity contribution in [2.24, 2.45) is 5.73 Å². The maximum absolute atomic E-state index is 5.76. The van der Waals surface area contributed by atoms with Gasteiger partial charge in [-0.2, -0.15) is 0 Å². The Hall–Kier alpha value is -1.06. The first kappa shape index (κ1) is 12.4. The predicted molar refractivity (Wildman–Crippen MR) is 68.5 cm³/mol. The van der Waals surface area contributed by atoms with Gasteiger partial charge in [0.2, 0.25) is 0 Å². The zero-order chi connectivity index (χ0) is 12.3. The zero-order valence-corrected chi connectivity index (χ0v) is 10.7. The van der Waals surface area contributed by atoms with Crippen LogP contribution in [0.5, 0.6) is 5.75 Å². The lowest BCUT2D eigenvalue weighted by Crippen LogP contribution is -2.30. The molecule has 0 bridgehead atoms. The molecule has 1 heterocycles. The molecular weight excluding hydrogens is 214 g/mol. The Labute approximate surface area is 103 Å². The third-order valence-corrected chi connectivity index (χ3v) is 3.65. The number of benzene rings is 1. The van der Waals surface area contributed by atoms with Gasteiger partial charge in [-0.15, -0.1) is 0 Å². The average molecular weight is 235 g/mol. The molecule has 3 heteroatoms. The quantitative estimate of drug-likeness (QED) is 0.868. The number of hydrogen-bond donors (Lipinski definition) is 1. The largest absolute Gasteiger partial charge is 0.496 e. The summed E-state index contributed by atoms with van der Waals surface area (Å²) in [6, 6.07) is 6.33. The Morgan fingerprint density at radius 2 is 2.29 bits per heavy atom. The van der Waals surface area contributed by atoms with Crippen LogP contribution in [0.2, 0.25) is 0 Å². The highest BCUT2D eigenvalue weighted by Gasteiger charge is 2.38. The maximum atomic E-state index is 5.76. The molecule has 0 aromatic heterocycles. The Morgan fingerprint density at radius 3 is 2.88 bits per heavy atom. The molecule has 0 spiro atoms.